The van der Waals surface area contributed by atoms with Gasteiger partial charge in [0.05, 0.1) is 6.42 Å². The zero-order chi connectivity index (χ0) is 56.4. The molecule has 0 aromatic rings. The number of unbranched alkanes of at least 4 members (excludes halogenated alkanes) is 31. The maximum atomic E-state index is 12.8. The van der Waals surface area contributed by atoms with Gasteiger partial charge in [-0.2, -0.15) is 0 Å². The van der Waals surface area contributed by atoms with E-state index in [1.165, 1.54) is 186 Å². The molecule has 0 fully saturated rings. The van der Waals surface area contributed by atoms with Crippen molar-refractivity contribution in [2.45, 2.75) is 316 Å². The molecule has 0 aliphatic rings. The van der Waals surface area contributed by atoms with Gasteiger partial charge in [0.15, 0.2) is 6.10 Å². The van der Waals surface area contributed by atoms with Gasteiger partial charge in [-0.3, -0.25) is 14.4 Å². The molecule has 0 amide bonds. The second kappa shape index (κ2) is 65.6. The predicted octanol–water partition coefficient (Wildman–Crippen LogP) is 22.6. The van der Waals surface area contributed by atoms with Gasteiger partial charge in [-0.1, -0.05) is 329 Å². The number of rotatable bonds is 59. The summed E-state index contributed by atoms with van der Waals surface area (Å²) >= 11 is 0. The van der Waals surface area contributed by atoms with Crippen LogP contribution in [0.25, 0.3) is 0 Å². The van der Waals surface area contributed by atoms with E-state index in [9.17, 15) is 14.4 Å². The van der Waals surface area contributed by atoms with Crippen LogP contribution >= 0.6 is 0 Å². The quantitative estimate of drug-likeness (QED) is 0.0261. The molecule has 1 atom stereocenters. The molecule has 0 saturated carbocycles. The summed E-state index contributed by atoms with van der Waals surface area (Å²) in [4.78, 5) is 38.1. The topological polar surface area (TPSA) is 78.9 Å². The van der Waals surface area contributed by atoms with Crippen LogP contribution < -0.4 is 0 Å². The van der Waals surface area contributed by atoms with Gasteiger partial charge in [-0.15, -0.1) is 0 Å². The summed E-state index contributed by atoms with van der Waals surface area (Å²) in [6.45, 7) is 6.28. The summed E-state index contributed by atoms with van der Waals surface area (Å²) in [5, 5.41) is 0. The van der Waals surface area contributed by atoms with E-state index in [2.05, 4.69) is 106 Å². The highest BCUT2D eigenvalue weighted by Gasteiger charge is 2.19. The molecule has 0 aliphatic heterocycles. The smallest absolute Gasteiger partial charge is 0.310 e. The lowest BCUT2D eigenvalue weighted by Crippen LogP contribution is -2.30. The Morgan fingerprint density at radius 2 is 0.538 bits per heavy atom. The Hall–Kier alpha value is -3.93. The largest absolute Gasteiger partial charge is 0.462 e. The van der Waals surface area contributed by atoms with E-state index in [4.69, 9.17) is 14.2 Å². The van der Waals surface area contributed by atoms with Crippen LogP contribution in [0.15, 0.2) is 109 Å². The number of esters is 3. The number of carbonyl (C=O) groups excluding carboxylic acids is 3. The Labute approximate surface area is 482 Å². The first-order valence-electron chi connectivity index (χ1n) is 32.9. The van der Waals surface area contributed by atoms with Gasteiger partial charge in [0.25, 0.3) is 0 Å². The summed E-state index contributed by atoms with van der Waals surface area (Å²) < 4.78 is 16.7. The highest BCUT2D eigenvalue weighted by Crippen LogP contribution is 2.18. The van der Waals surface area contributed by atoms with E-state index in [0.29, 0.717) is 19.3 Å². The third-order valence-corrected chi connectivity index (χ3v) is 14.1. The number of ether oxygens (including phenoxy) is 3. The Kier molecular flexibility index (Phi) is 62.3. The Bertz CT molecular complexity index is 1570. The van der Waals surface area contributed by atoms with Crippen molar-refractivity contribution < 1.29 is 28.6 Å². The van der Waals surface area contributed by atoms with Gasteiger partial charge >= 0.3 is 17.9 Å². The predicted molar refractivity (Wildman–Crippen MR) is 339 cm³/mol. The lowest BCUT2D eigenvalue weighted by molar-refractivity contribution is -0.166. The third-order valence-electron chi connectivity index (χ3n) is 14.1. The average molecular weight is 1080 g/mol. The molecule has 0 rings (SSSR count). The van der Waals surface area contributed by atoms with Crippen LogP contribution in [0.3, 0.4) is 0 Å². The van der Waals surface area contributed by atoms with Gasteiger partial charge in [0, 0.05) is 12.8 Å². The van der Waals surface area contributed by atoms with E-state index in [0.717, 1.165) is 70.6 Å². The van der Waals surface area contributed by atoms with Gasteiger partial charge in [0.2, 0.25) is 0 Å². The van der Waals surface area contributed by atoms with E-state index < -0.39 is 12.1 Å². The van der Waals surface area contributed by atoms with Gasteiger partial charge < -0.3 is 14.2 Å². The number of hydrogen-bond acceptors (Lipinski definition) is 6. The molecular formula is C72H122O6. The van der Waals surface area contributed by atoms with E-state index in [-0.39, 0.29) is 38.0 Å². The van der Waals surface area contributed by atoms with Crippen LogP contribution in [0.1, 0.15) is 310 Å². The fourth-order valence-electron chi connectivity index (χ4n) is 9.24. The molecule has 0 N–H and O–H groups in total. The monoisotopic (exact) mass is 1080 g/mol. The SMILES string of the molecule is CC/C=C\C/C=C\C/C=C\C/C=C\C/C=C\CC(=O)OC(COC(=O)CC/C=C\C/C=C\C/C=C\C/C=C\CC)COC(=O)CCCCCCCCCCCCCCCCCCCCCCCCCCCCCCCCCC. The van der Waals surface area contributed by atoms with E-state index >= 15 is 0 Å². The minimum atomic E-state index is -0.862. The Morgan fingerprint density at radius 1 is 0.282 bits per heavy atom. The summed E-state index contributed by atoms with van der Waals surface area (Å²) in [5.74, 6) is -1.15. The third kappa shape index (κ3) is 62.9. The normalized spacial score (nSPS) is 12.8. The first-order valence-corrected chi connectivity index (χ1v) is 32.9. The van der Waals surface area contributed by atoms with Crippen molar-refractivity contribution in [2.24, 2.45) is 0 Å². The fraction of sp³-hybridized carbons (Fsp3) is 0.708. The second-order valence-electron chi connectivity index (χ2n) is 21.6. The van der Waals surface area contributed by atoms with Crippen molar-refractivity contribution in [2.75, 3.05) is 13.2 Å². The van der Waals surface area contributed by atoms with Crippen molar-refractivity contribution in [3.05, 3.63) is 109 Å². The van der Waals surface area contributed by atoms with Crippen molar-refractivity contribution in [3.8, 4) is 0 Å². The van der Waals surface area contributed by atoms with Crippen LogP contribution in [0.4, 0.5) is 0 Å². The highest BCUT2D eigenvalue weighted by molar-refractivity contribution is 5.72. The van der Waals surface area contributed by atoms with Crippen LogP contribution in [-0.2, 0) is 28.6 Å². The average Bonchev–Trinajstić information content (AvgIpc) is 3.44. The lowest BCUT2D eigenvalue weighted by atomic mass is 10.0. The summed E-state index contributed by atoms with van der Waals surface area (Å²) in [6, 6.07) is 0. The first-order chi connectivity index (χ1) is 38.5. The van der Waals surface area contributed by atoms with Crippen LogP contribution in [0.2, 0.25) is 0 Å². The first kappa shape index (κ1) is 74.1. The van der Waals surface area contributed by atoms with Crippen LogP contribution in [-0.4, -0.2) is 37.2 Å². The zero-order valence-electron chi connectivity index (χ0n) is 51.2. The summed E-state index contributed by atoms with van der Waals surface area (Å²) in [6.07, 6.45) is 90.4. The molecule has 0 radical (unpaired) electrons. The second-order valence-corrected chi connectivity index (χ2v) is 21.6. The van der Waals surface area contributed by atoms with E-state index in [1.807, 2.05) is 18.2 Å². The molecule has 0 saturated heterocycles. The van der Waals surface area contributed by atoms with Gasteiger partial charge in [-0.25, -0.2) is 0 Å². The van der Waals surface area contributed by atoms with Crippen molar-refractivity contribution in [1.82, 2.24) is 0 Å². The van der Waals surface area contributed by atoms with Gasteiger partial charge in [-0.05, 0) is 70.6 Å². The highest BCUT2D eigenvalue weighted by atomic mass is 16.6. The minimum absolute atomic E-state index is 0.0808. The van der Waals surface area contributed by atoms with E-state index in [1.54, 1.807) is 6.08 Å². The van der Waals surface area contributed by atoms with Crippen LogP contribution in [0, 0.1) is 0 Å². The molecule has 0 heterocycles. The maximum absolute atomic E-state index is 12.8. The molecule has 6 nitrogen and oxygen atoms in total. The molecule has 0 aromatic heterocycles. The minimum Gasteiger partial charge on any atom is -0.462 e. The summed E-state index contributed by atoms with van der Waals surface area (Å²) in [7, 11) is 0. The number of hydrogen-bond donors (Lipinski definition) is 0. The molecule has 0 aliphatic carbocycles. The molecule has 0 bridgehead atoms. The van der Waals surface area contributed by atoms with Crippen molar-refractivity contribution in [1.29, 1.82) is 0 Å². The molecular weight excluding hydrogens is 961 g/mol. The zero-order valence-corrected chi connectivity index (χ0v) is 51.2. The molecule has 446 valence electrons. The number of carbonyl (C=O) groups is 3. The maximum Gasteiger partial charge on any atom is 0.310 e. The molecule has 0 aromatic carbocycles. The Morgan fingerprint density at radius 3 is 0.846 bits per heavy atom. The number of allylic oxidation sites excluding steroid dienone is 17. The Balaban J connectivity index is 4.21. The van der Waals surface area contributed by atoms with Crippen LogP contribution in [0.5, 0.6) is 0 Å². The fourth-order valence-corrected chi connectivity index (χ4v) is 9.24. The molecule has 1 unspecified atom stereocenters. The van der Waals surface area contributed by atoms with Gasteiger partial charge in [0.1, 0.15) is 13.2 Å². The molecule has 6 heteroatoms. The standard InChI is InChI=1S/C72H122O6/c1-4-7-10-13-16-19-22-25-27-28-29-30-31-32-33-34-35-36-37-38-39-40-41-42-43-45-47-50-53-56-59-62-65-71(74)77-68-69(67-76-70(73)64-61-58-55-52-49-46-24-21-18-15-12-9-6-3)78-72(75)66-63-60-57-54-51-48-44-26-23-20-17-14-11-8-5-2/h8-9,11-12,17-18,20-21,26,44,46,49,51,54-55,58,60,63,69H,4-7,10,13-16,19,22-25,27-43,45,47-48,50,52-53,56-57,59,61-62,64-68H2,1-3H3/b11-8-,12-9-,20-17-,21-18-,44-26-,49-46-,54-51-,58-55-,63-60-. The van der Waals surface area contributed by atoms with Crippen molar-refractivity contribution in [3.63, 3.8) is 0 Å². The van der Waals surface area contributed by atoms with Crippen molar-refractivity contribution >= 4 is 17.9 Å². The molecule has 0 spiro atoms. The lowest BCUT2D eigenvalue weighted by Gasteiger charge is -2.18. The summed E-state index contributed by atoms with van der Waals surface area (Å²) in [5.41, 5.74) is 0. The molecule has 78 heavy (non-hydrogen) atoms.